The summed E-state index contributed by atoms with van der Waals surface area (Å²) in [7, 11) is 1.95. The van der Waals surface area contributed by atoms with Crippen molar-refractivity contribution in [1.29, 1.82) is 0 Å². The smallest absolute Gasteiger partial charge is 0.132 e. The highest BCUT2D eigenvalue weighted by Gasteiger charge is 2.30. The Morgan fingerprint density at radius 1 is 1.20 bits per heavy atom. The van der Waals surface area contributed by atoms with Crippen LogP contribution in [0.25, 0.3) is 0 Å². The normalized spacial score (nSPS) is 14.3. The van der Waals surface area contributed by atoms with Crippen LogP contribution in [-0.4, -0.2) is 43.3 Å². The lowest BCUT2D eigenvalue weighted by Gasteiger charge is -2.36. The first-order valence-electron chi connectivity index (χ1n) is 7.54. The fourth-order valence-corrected chi connectivity index (χ4v) is 2.37. The highest BCUT2D eigenvalue weighted by molar-refractivity contribution is 5.76. The molecule has 0 fully saturated rings. The molecule has 4 heteroatoms. The van der Waals surface area contributed by atoms with Gasteiger partial charge in [0.25, 0.3) is 0 Å². The predicted octanol–water partition coefficient (Wildman–Crippen LogP) is 2.94. The Morgan fingerprint density at radius 2 is 1.80 bits per heavy atom. The molecule has 20 heavy (non-hydrogen) atoms. The minimum absolute atomic E-state index is 0.155. The number of hydrogen-bond donors (Lipinski definition) is 1. The molecule has 1 unspecified atom stereocenters. The van der Waals surface area contributed by atoms with Crippen molar-refractivity contribution in [2.45, 2.75) is 78.1 Å². The van der Waals surface area contributed by atoms with E-state index < -0.39 is 5.60 Å². The van der Waals surface area contributed by atoms with Crippen molar-refractivity contribution >= 4 is 5.78 Å². The van der Waals surface area contributed by atoms with E-state index in [-0.39, 0.29) is 17.5 Å². The molecule has 0 spiro atoms. The molecule has 0 aliphatic carbocycles. The van der Waals surface area contributed by atoms with Crippen molar-refractivity contribution in [3.8, 4) is 0 Å². The summed E-state index contributed by atoms with van der Waals surface area (Å²) in [4.78, 5) is 11.2. The Bertz CT molecular complexity index is 287. The van der Waals surface area contributed by atoms with Gasteiger partial charge in [-0.3, -0.25) is 4.79 Å². The highest BCUT2D eigenvalue weighted by atomic mass is 16.5. The number of nitrogens with one attached hydrogen (secondary N) is 1. The zero-order valence-electron chi connectivity index (χ0n) is 14.3. The number of ether oxygens (including phenoxy) is 2. The third-order valence-electron chi connectivity index (χ3n) is 3.13. The standard InChI is InChI=1S/C16H33NO3/c1-13(18)12-16(5,6)20-15(3,4)9-11-19-14(2)8-10-17-7/h14,17H,8-12H2,1-7H3. The Labute approximate surface area is 124 Å². The molecule has 120 valence electrons. The summed E-state index contributed by atoms with van der Waals surface area (Å²) < 4.78 is 11.9. The van der Waals surface area contributed by atoms with E-state index >= 15 is 0 Å². The van der Waals surface area contributed by atoms with E-state index in [2.05, 4.69) is 26.1 Å². The van der Waals surface area contributed by atoms with Gasteiger partial charge < -0.3 is 14.8 Å². The molecule has 0 aromatic carbocycles. The fourth-order valence-electron chi connectivity index (χ4n) is 2.37. The third kappa shape index (κ3) is 10.4. The second kappa shape index (κ2) is 8.75. The Morgan fingerprint density at radius 3 is 2.30 bits per heavy atom. The molecule has 0 aliphatic rings. The fraction of sp³-hybridized carbons (Fsp3) is 0.938. The van der Waals surface area contributed by atoms with Crippen molar-refractivity contribution < 1.29 is 14.3 Å². The summed E-state index contributed by atoms with van der Waals surface area (Å²) in [6, 6.07) is 0. The zero-order valence-corrected chi connectivity index (χ0v) is 14.3. The van der Waals surface area contributed by atoms with E-state index in [0.29, 0.717) is 13.0 Å². The van der Waals surface area contributed by atoms with E-state index in [0.717, 1.165) is 19.4 Å². The van der Waals surface area contributed by atoms with E-state index in [1.54, 1.807) is 6.92 Å². The molecule has 4 nitrogen and oxygen atoms in total. The summed E-state index contributed by atoms with van der Waals surface area (Å²) in [5.74, 6) is 0.155. The minimum Gasteiger partial charge on any atom is -0.378 e. The van der Waals surface area contributed by atoms with E-state index in [1.807, 2.05) is 20.9 Å². The summed E-state index contributed by atoms with van der Waals surface area (Å²) in [5.41, 5.74) is -0.714. The van der Waals surface area contributed by atoms with Gasteiger partial charge in [-0.25, -0.2) is 0 Å². The average Bonchev–Trinajstić information content (AvgIpc) is 2.22. The lowest BCUT2D eigenvalue weighted by Crippen LogP contribution is -2.39. The van der Waals surface area contributed by atoms with Gasteiger partial charge >= 0.3 is 0 Å². The summed E-state index contributed by atoms with van der Waals surface area (Å²) in [6.07, 6.45) is 2.52. The van der Waals surface area contributed by atoms with Gasteiger partial charge in [0.1, 0.15) is 5.78 Å². The lowest BCUT2D eigenvalue weighted by molar-refractivity contribution is -0.147. The summed E-state index contributed by atoms with van der Waals surface area (Å²) in [6.45, 7) is 13.4. The van der Waals surface area contributed by atoms with Gasteiger partial charge in [-0.05, 0) is 68.0 Å². The maximum atomic E-state index is 11.2. The molecule has 0 bridgehead atoms. The van der Waals surface area contributed by atoms with Gasteiger partial charge in [-0.2, -0.15) is 0 Å². The molecule has 1 atom stereocenters. The van der Waals surface area contributed by atoms with Crippen molar-refractivity contribution in [1.82, 2.24) is 5.32 Å². The monoisotopic (exact) mass is 287 g/mol. The number of ketones is 1. The molecule has 0 aromatic rings. The Hall–Kier alpha value is -0.450. The molecular formula is C16H33NO3. The SMILES string of the molecule is CNCCC(C)OCCC(C)(C)OC(C)(C)CC(C)=O. The minimum atomic E-state index is -0.424. The van der Waals surface area contributed by atoms with Crippen molar-refractivity contribution in [3.05, 3.63) is 0 Å². The van der Waals surface area contributed by atoms with E-state index in [4.69, 9.17) is 9.47 Å². The Balaban J connectivity index is 4.09. The van der Waals surface area contributed by atoms with Crippen LogP contribution in [-0.2, 0) is 14.3 Å². The van der Waals surface area contributed by atoms with Crippen molar-refractivity contribution in [2.75, 3.05) is 20.2 Å². The van der Waals surface area contributed by atoms with E-state index in [1.165, 1.54) is 0 Å². The topological polar surface area (TPSA) is 47.6 Å². The van der Waals surface area contributed by atoms with Crippen LogP contribution in [0.1, 0.15) is 60.8 Å². The van der Waals surface area contributed by atoms with Crippen LogP contribution in [0.2, 0.25) is 0 Å². The van der Waals surface area contributed by atoms with Crippen LogP contribution in [0, 0.1) is 0 Å². The number of carbonyl (C=O) groups is 1. The molecule has 0 saturated heterocycles. The van der Waals surface area contributed by atoms with Crippen LogP contribution in [0.3, 0.4) is 0 Å². The van der Waals surface area contributed by atoms with Gasteiger partial charge in [0, 0.05) is 13.0 Å². The van der Waals surface area contributed by atoms with Gasteiger partial charge in [-0.1, -0.05) is 0 Å². The van der Waals surface area contributed by atoms with Crippen LogP contribution in [0.5, 0.6) is 0 Å². The molecule has 0 saturated carbocycles. The first-order chi connectivity index (χ1) is 9.08. The molecular weight excluding hydrogens is 254 g/mol. The van der Waals surface area contributed by atoms with Gasteiger partial charge in [0.2, 0.25) is 0 Å². The molecule has 1 N–H and O–H groups in total. The van der Waals surface area contributed by atoms with Crippen LogP contribution >= 0.6 is 0 Å². The van der Waals surface area contributed by atoms with Crippen LogP contribution < -0.4 is 5.32 Å². The number of hydrogen-bond acceptors (Lipinski definition) is 4. The zero-order chi connectivity index (χ0) is 15.8. The molecule has 0 aromatic heterocycles. The van der Waals surface area contributed by atoms with E-state index in [9.17, 15) is 4.79 Å². The molecule has 0 radical (unpaired) electrons. The van der Waals surface area contributed by atoms with Crippen LogP contribution in [0.4, 0.5) is 0 Å². The Kier molecular flexibility index (Phi) is 8.56. The quantitative estimate of drug-likeness (QED) is 0.635. The number of carbonyl (C=O) groups excluding carboxylic acids is 1. The maximum Gasteiger partial charge on any atom is 0.132 e. The molecule has 0 rings (SSSR count). The number of Topliss-reactive ketones (excluding diaryl/α,β-unsaturated/α-hetero) is 1. The average molecular weight is 287 g/mol. The largest absolute Gasteiger partial charge is 0.378 e. The van der Waals surface area contributed by atoms with Crippen molar-refractivity contribution in [3.63, 3.8) is 0 Å². The van der Waals surface area contributed by atoms with Crippen molar-refractivity contribution in [2.24, 2.45) is 0 Å². The molecule has 0 amide bonds. The second-order valence-corrected chi connectivity index (χ2v) is 6.82. The summed E-state index contributed by atoms with van der Waals surface area (Å²) >= 11 is 0. The van der Waals surface area contributed by atoms with Crippen LogP contribution in [0.15, 0.2) is 0 Å². The first-order valence-corrected chi connectivity index (χ1v) is 7.54. The van der Waals surface area contributed by atoms with Gasteiger partial charge in [0.15, 0.2) is 0 Å². The molecule has 0 heterocycles. The third-order valence-corrected chi connectivity index (χ3v) is 3.13. The highest BCUT2D eigenvalue weighted by Crippen LogP contribution is 2.26. The second-order valence-electron chi connectivity index (χ2n) is 6.82. The maximum absolute atomic E-state index is 11.2. The molecule has 0 aliphatic heterocycles. The van der Waals surface area contributed by atoms with Gasteiger partial charge in [0.05, 0.1) is 17.3 Å². The first kappa shape index (κ1) is 19.6. The number of rotatable bonds is 11. The lowest BCUT2D eigenvalue weighted by atomic mass is 9.98. The summed E-state index contributed by atoms with van der Waals surface area (Å²) in [5, 5.41) is 3.12. The predicted molar refractivity (Wildman–Crippen MR) is 83.1 cm³/mol. The van der Waals surface area contributed by atoms with Gasteiger partial charge in [-0.15, -0.1) is 0 Å².